The Balaban J connectivity index is 0.00000631. The molecule has 0 atom stereocenters. The van der Waals surface area contributed by atoms with Gasteiger partial charge in [-0.3, -0.25) is 0 Å². The second-order valence-corrected chi connectivity index (χ2v) is 24.7. The Morgan fingerprint density at radius 3 is 1.69 bits per heavy atom. The first-order valence-corrected chi connectivity index (χ1v) is 26.6. The average Bonchev–Trinajstić information content (AvgIpc) is 4.12. The quantitative estimate of drug-likeness (QED) is 0.149. The summed E-state index contributed by atoms with van der Waals surface area (Å²) in [6.07, 6.45) is 1.90. The predicted octanol–water partition coefficient (Wildman–Crippen LogP) is 19.4. The molecule has 0 saturated heterocycles. The monoisotopic (exact) mass is 1190 g/mol. The number of ether oxygens (including phenoxy) is 1. The zero-order chi connectivity index (χ0) is 53.1. The molecule has 0 bridgehead atoms. The molecule has 3 aromatic heterocycles. The third-order valence-electron chi connectivity index (χ3n) is 15.2. The standard InChI is InChI=1S/C70H65N4O2.Pt/c1-67(2,3)46-28-24-44(25-29-46)56-38-49(70(10,11)12)39-57(45-26-30-47(31-27-45)68(4,5)6)65(56)73-43-72(58-21-14-15-22-59(58)73)50-18-17-19-51(41-50)75-52-32-33-55-61(42-52)74(63-40-48(36-37-71-63)69(7,8)9)60-35-34-54-53-20-13-16-23-62(53)76-66(54)64(55)60;/h13-40,43H,1-12H3;/q-3;. The predicted molar refractivity (Wildman–Crippen MR) is 317 cm³/mol. The molecule has 1 aliphatic rings. The van der Waals surface area contributed by atoms with Crippen LogP contribution in [0, 0.1) is 18.8 Å². The molecule has 0 saturated carbocycles. The number of para-hydroxylation sites is 3. The summed E-state index contributed by atoms with van der Waals surface area (Å²) >= 11 is 0. The van der Waals surface area contributed by atoms with Crippen molar-refractivity contribution in [3.05, 3.63) is 211 Å². The summed E-state index contributed by atoms with van der Waals surface area (Å²) in [4.78, 5) is 9.58. The Kier molecular flexibility index (Phi) is 12.7. The maximum Gasteiger partial charge on any atom is 0.135 e. The first kappa shape index (κ1) is 51.7. The number of fused-ring (bicyclic) bond motifs is 8. The van der Waals surface area contributed by atoms with Crippen LogP contribution in [0.5, 0.6) is 11.5 Å². The maximum atomic E-state index is 6.83. The summed E-state index contributed by atoms with van der Waals surface area (Å²) in [5.74, 6) is 1.94. The Bertz CT molecular complexity index is 3960. The first-order valence-electron chi connectivity index (χ1n) is 26.6. The van der Waals surface area contributed by atoms with Gasteiger partial charge in [-0.2, -0.15) is 12.1 Å². The molecule has 11 aromatic rings. The van der Waals surface area contributed by atoms with E-state index in [4.69, 9.17) is 14.1 Å². The smallest absolute Gasteiger partial charge is 0.135 e. The van der Waals surface area contributed by atoms with Gasteiger partial charge in [-0.1, -0.05) is 173 Å². The minimum atomic E-state index is -0.111. The van der Waals surface area contributed by atoms with E-state index in [2.05, 4.69) is 250 Å². The third-order valence-corrected chi connectivity index (χ3v) is 15.2. The molecule has 0 unspecified atom stereocenters. The fraction of sp³-hybridized carbons (Fsp3) is 0.229. The van der Waals surface area contributed by atoms with E-state index in [0.717, 1.165) is 72.3 Å². The van der Waals surface area contributed by atoms with E-state index in [1.165, 1.54) is 44.5 Å². The molecule has 4 heterocycles. The molecule has 7 heteroatoms. The maximum absolute atomic E-state index is 6.83. The van der Waals surface area contributed by atoms with Crippen LogP contribution in [0.3, 0.4) is 0 Å². The van der Waals surface area contributed by atoms with Gasteiger partial charge in [0, 0.05) is 83.2 Å². The molecule has 0 N–H and O–H groups in total. The van der Waals surface area contributed by atoms with E-state index in [1.54, 1.807) is 0 Å². The summed E-state index contributed by atoms with van der Waals surface area (Å²) in [5, 5.41) is 4.17. The van der Waals surface area contributed by atoms with Gasteiger partial charge in [0.15, 0.2) is 0 Å². The fourth-order valence-electron chi connectivity index (χ4n) is 10.8. The molecule has 0 spiro atoms. The minimum Gasteiger partial charge on any atom is -0.509 e. The molecular formula is C70H65N4O2Pt-3. The van der Waals surface area contributed by atoms with Gasteiger partial charge >= 0.3 is 0 Å². The molecule has 6 nitrogen and oxygen atoms in total. The van der Waals surface area contributed by atoms with E-state index in [1.807, 2.05) is 36.5 Å². The van der Waals surface area contributed by atoms with Crippen molar-refractivity contribution >= 4 is 66.5 Å². The van der Waals surface area contributed by atoms with Crippen LogP contribution < -0.4 is 14.5 Å². The molecule has 0 radical (unpaired) electrons. The molecule has 8 aromatic carbocycles. The molecule has 0 amide bonds. The molecule has 0 fully saturated rings. The molecule has 390 valence electrons. The van der Waals surface area contributed by atoms with Gasteiger partial charge < -0.3 is 23.5 Å². The summed E-state index contributed by atoms with van der Waals surface area (Å²) in [5.41, 5.74) is 17.2. The number of aromatic nitrogens is 2. The fourth-order valence-corrected chi connectivity index (χ4v) is 10.8. The summed E-state index contributed by atoms with van der Waals surface area (Å²) < 4.78 is 15.7. The van der Waals surface area contributed by atoms with E-state index in [0.29, 0.717) is 11.5 Å². The van der Waals surface area contributed by atoms with Crippen LogP contribution in [0.15, 0.2) is 174 Å². The van der Waals surface area contributed by atoms with Crippen molar-refractivity contribution in [2.75, 3.05) is 9.80 Å². The van der Waals surface area contributed by atoms with Crippen LogP contribution in [-0.2, 0) is 42.7 Å². The second kappa shape index (κ2) is 19.0. The molecule has 1 aliphatic heterocycles. The number of nitrogens with zero attached hydrogens (tertiary/aromatic N) is 4. The van der Waals surface area contributed by atoms with Crippen molar-refractivity contribution in [1.82, 2.24) is 9.55 Å². The largest absolute Gasteiger partial charge is 0.509 e. The zero-order valence-electron chi connectivity index (χ0n) is 46.2. The third kappa shape index (κ3) is 9.33. The second-order valence-electron chi connectivity index (χ2n) is 24.7. The number of benzene rings is 8. The van der Waals surface area contributed by atoms with Crippen molar-refractivity contribution in [2.45, 2.75) is 105 Å². The van der Waals surface area contributed by atoms with E-state index >= 15 is 0 Å². The number of pyridine rings is 1. The van der Waals surface area contributed by atoms with Crippen LogP contribution in [-0.4, -0.2) is 9.55 Å². The number of anilines is 4. The van der Waals surface area contributed by atoms with Gasteiger partial charge in [-0.05, 0) is 115 Å². The van der Waals surface area contributed by atoms with Gasteiger partial charge in [-0.25, -0.2) is 4.98 Å². The zero-order valence-corrected chi connectivity index (χ0v) is 48.4. The molecule has 77 heavy (non-hydrogen) atoms. The van der Waals surface area contributed by atoms with Crippen LogP contribution in [0.1, 0.15) is 105 Å². The Hall–Kier alpha value is -7.40. The summed E-state index contributed by atoms with van der Waals surface area (Å²) in [6.45, 7) is 29.5. The van der Waals surface area contributed by atoms with Crippen LogP contribution in [0.25, 0.3) is 71.8 Å². The summed E-state index contributed by atoms with van der Waals surface area (Å²) in [6, 6.07) is 66.4. The average molecular weight is 1190 g/mol. The normalized spacial score (nSPS) is 13.2. The number of hydrogen-bond donors (Lipinski definition) is 0. The van der Waals surface area contributed by atoms with Gasteiger partial charge in [0.1, 0.15) is 17.0 Å². The summed E-state index contributed by atoms with van der Waals surface area (Å²) in [7, 11) is 0. The molecule has 12 rings (SSSR count). The Morgan fingerprint density at radius 1 is 0.494 bits per heavy atom. The number of furan rings is 1. The van der Waals surface area contributed by atoms with Crippen molar-refractivity contribution in [2.24, 2.45) is 0 Å². The van der Waals surface area contributed by atoms with Crippen molar-refractivity contribution in [3.8, 4) is 39.6 Å². The Labute approximate surface area is 468 Å². The van der Waals surface area contributed by atoms with Crippen molar-refractivity contribution in [3.63, 3.8) is 0 Å². The van der Waals surface area contributed by atoms with Crippen molar-refractivity contribution < 1.29 is 30.2 Å². The van der Waals surface area contributed by atoms with E-state index in [-0.39, 0.29) is 42.7 Å². The number of rotatable bonds is 7. The van der Waals surface area contributed by atoms with Crippen molar-refractivity contribution in [1.29, 1.82) is 0 Å². The van der Waals surface area contributed by atoms with Gasteiger partial charge in [-0.15, -0.1) is 42.7 Å². The molecular weight excluding hydrogens is 1120 g/mol. The number of hydrogen-bond acceptors (Lipinski definition) is 5. The van der Waals surface area contributed by atoms with Gasteiger partial charge in [0.05, 0.1) is 0 Å². The van der Waals surface area contributed by atoms with E-state index < -0.39 is 0 Å². The Morgan fingerprint density at radius 2 is 1.06 bits per heavy atom. The van der Waals surface area contributed by atoms with Crippen LogP contribution >= 0.6 is 0 Å². The van der Waals surface area contributed by atoms with E-state index in [9.17, 15) is 0 Å². The van der Waals surface area contributed by atoms with Crippen LogP contribution in [0.4, 0.5) is 22.7 Å². The first-order chi connectivity index (χ1) is 36.2. The minimum absolute atomic E-state index is 0. The van der Waals surface area contributed by atoms with Gasteiger partial charge in [0.2, 0.25) is 0 Å². The SMILES string of the molecule is CC(C)(C)c1ccc(-c2cc(C(C)(C)C)cc(-c3ccc(C(C)(C)C)cc3)c2N2[CH-]N(c3[c-]c(Oc4[c-]c5c(cc4)c4c6oc7ccccc7c6ccc4n5-c4cc(C(C)(C)C)ccn4)ccc3)c3ccccc32)cc1.[Pt]. The molecule has 0 aliphatic carbocycles. The van der Waals surface area contributed by atoms with Gasteiger partial charge in [0.25, 0.3) is 0 Å². The van der Waals surface area contributed by atoms with Crippen LogP contribution in [0.2, 0.25) is 0 Å². The topological polar surface area (TPSA) is 46.7 Å².